The van der Waals surface area contributed by atoms with Crippen LogP contribution in [0.25, 0.3) is 0 Å². The van der Waals surface area contributed by atoms with Crippen LogP contribution in [-0.4, -0.2) is 32.5 Å². The molecule has 3 nitrogen and oxygen atoms in total. The molecule has 1 saturated heterocycles. The highest BCUT2D eigenvalue weighted by Crippen LogP contribution is 2.19. The van der Waals surface area contributed by atoms with Crippen molar-refractivity contribution in [2.45, 2.75) is 25.5 Å². The van der Waals surface area contributed by atoms with Crippen LogP contribution >= 0.6 is 0 Å². The molecule has 0 amide bonds. The van der Waals surface area contributed by atoms with Gasteiger partial charge in [0.2, 0.25) is 0 Å². The van der Waals surface area contributed by atoms with Gasteiger partial charge in [-0.15, -0.1) is 0 Å². The predicted octanol–water partition coefficient (Wildman–Crippen LogP) is 0.385. The minimum Gasteiger partial charge on any atom is -0.384 e. The van der Waals surface area contributed by atoms with Gasteiger partial charge in [0, 0.05) is 25.7 Å². The second-order valence-electron chi connectivity index (χ2n) is 3.22. The molecule has 0 spiro atoms. The van der Waals surface area contributed by atoms with Gasteiger partial charge in [-0.1, -0.05) is 6.92 Å². The zero-order valence-corrected chi connectivity index (χ0v) is 7.25. The number of rotatable bonds is 3. The van der Waals surface area contributed by atoms with Gasteiger partial charge in [-0.05, 0) is 6.42 Å². The number of hydrogen-bond acceptors (Lipinski definition) is 3. The van der Waals surface area contributed by atoms with Gasteiger partial charge in [-0.3, -0.25) is 0 Å². The van der Waals surface area contributed by atoms with Crippen LogP contribution in [-0.2, 0) is 9.47 Å². The maximum atomic E-state index is 5.83. The van der Waals surface area contributed by atoms with Gasteiger partial charge in [0.15, 0.2) is 0 Å². The molecule has 3 atom stereocenters. The van der Waals surface area contributed by atoms with Gasteiger partial charge >= 0.3 is 0 Å². The minimum atomic E-state index is 0.204. The summed E-state index contributed by atoms with van der Waals surface area (Å²) in [5.74, 6) is 0.414. The van der Waals surface area contributed by atoms with Crippen molar-refractivity contribution in [3.05, 3.63) is 0 Å². The van der Waals surface area contributed by atoms with E-state index in [0.717, 1.165) is 19.6 Å². The number of methoxy groups -OCH3 is 1. The van der Waals surface area contributed by atoms with Crippen molar-refractivity contribution in [1.82, 2.24) is 0 Å². The van der Waals surface area contributed by atoms with Crippen LogP contribution in [0.5, 0.6) is 0 Å². The van der Waals surface area contributed by atoms with E-state index in [0.29, 0.717) is 5.92 Å². The Labute approximate surface area is 67.9 Å². The van der Waals surface area contributed by atoms with Crippen LogP contribution in [0.15, 0.2) is 0 Å². The smallest absolute Gasteiger partial charge is 0.0774 e. The first-order chi connectivity index (χ1) is 5.25. The Morgan fingerprint density at radius 2 is 2.45 bits per heavy atom. The first kappa shape index (κ1) is 8.97. The molecule has 0 aromatic rings. The first-order valence-corrected chi connectivity index (χ1v) is 4.12. The summed E-state index contributed by atoms with van der Waals surface area (Å²) in [4.78, 5) is 0. The van der Waals surface area contributed by atoms with Crippen molar-refractivity contribution in [3.63, 3.8) is 0 Å². The summed E-state index contributed by atoms with van der Waals surface area (Å²) in [6, 6.07) is 0.208. The minimum absolute atomic E-state index is 0.204. The van der Waals surface area contributed by atoms with Gasteiger partial charge < -0.3 is 15.2 Å². The van der Waals surface area contributed by atoms with Gasteiger partial charge in [0.05, 0.1) is 12.7 Å². The van der Waals surface area contributed by atoms with Crippen LogP contribution in [0.2, 0.25) is 0 Å². The second kappa shape index (κ2) is 4.04. The maximum Gasteiger partial charge on any atom is 0.0774 e. The fraction of sp³-hybridized carbons (Fsp3) is 1.00. The number of ether oxygens (including phenoxy) is 2. The SMILES string of the molecule is COCC(C)C1OCCC1N. The molecule has 1 rings (SSSR count). The lowest BCUT2D eigenvalue weighted by atomic mass is 9.99. The van der Waals surface area contributed by atoms with Gasteiger partial charge in [-0.2, -0.15) is 0 Å². The van der Waals surface area contributed by atoms with Gasteiger partial charge in [0.25, 0.3) is 0 Å². The van der Waals surface area contributed by atoms with E-state index in [1.54, 1.807) is 7.11 Å². The largest absolute Gasteiger partial charge is 0.384 e. The van der Waals surface area contributed by atoms with Crippen molar-refractivity contribution in [3.8, 4) is 0 Å². The molecule has 1 heterocycles. The van der Waals surface area contributed by atoms with Crippen LogP contribution in [0.1, 0.15) is 13.3 Å². The molecule has 11 heavy (non-hydrogen) atoms. The monoisotopic (exact) mass is 159 g/mol. The van der Waals surface area contributed by atoms with Crippen LogP contribution in [0.3, 0.4) is 0 Å². The highest BCUT2D eigenvalue weighted by atomic mass is 16.5. The summed E-state index contributed by atoms with van der Waals surface area (Å²) in [7, 11) is 1.71. The first-order valence-electron chi connectivity index (χ1n) is 4.12. The molecule has 1 fully saturated rings. The van der Waals surface area contributed by atoms with E-state index in [2.05, 4.69) is 6.92 Å². The molecule has 0 saturated carbocycles. The van der Waals surface area contributed by atoms with E-state index in [1.807, 2.05) is 0 Å². The topological polar surface area (TPSA) is 44.5 Å². The molecule has 0 bridgehead atoms. The molecule has 66 valence electrons. The second-order valence-corrected chi connectivity index (χ2v) is 3.22. The highest BCUT2D eigenvalue weighted by Gasteiger charge is 2.29. The van der Waals surface area contributed by atoms with E-state index in [1.165, 1.54) is 0 Å². The third-order valence-electron chi connectivity index (χ3n) is 2.17. The number of hydrogen-bond donors (Lipinski definition) is 1. The van der Waals surface area contributed by atoms with Crippen molar-refractivity contribution < 1.29 is 9.47 Å². The molecule has 2 N–H and O–H groups in total. The van der Waals surface area contributed by atoms with E-state index >= 15 is 0 Å². The summed E-state index contributed by atoms with van der Waals surface area (Å²) >= 11 is 0. The van der Waals surface area contributed by atoms with Crippen molar-refractivity contribution >= 4 is 0 Å². The molecular formula is C8H17NO2. The molecule has 0 aromatic heterocycles. The molecule has 3 unspecified atom stereocenters. The fourth-order valence-corrected chi connectivity index (χ4v) is 1.57. The zero-order valence-electron chi connectivity index (χ0n) is 7.25. The van der Waals surface area contributed by atoms with Crippen LogP contribution in [0.4, 0.5) is 0 Å². The Hall–Kier alpha value is -0.120. The Morgan fingerprint density at radius 1 is 1.73 bits per heavy atom. The van der Waals surface area contributed by atoms with Crippen molar-refractivity contribution in [2.75, 3.05) is 20.3 Å². The average Bonchev–Trinajstić information content (AvgIpc) is 2.36. The van der Waals surface area contributed by atoms with Gasteiger partial charge in [-0.25, -0.2) is 0 Å². The summed E-state index contributed by atoms with van der Waals surface area (Å²) in [5, 5.41) is 0. The molecule has 0 radical (unpaired) electrons. The lowest BCUT2D eigenvalue weighted by molar-refractivity contribution is 0.0261. The Balaban J connectivity index is 2.33. The summed E-state index contributed by atoms with van der Waals surface area (Å²) < 4.78 is 10.5. The highest BCUT2D eigenvalue weighted by molar-refractivity contribution is 4.82. The van der Waals surface area contributed by atoms with E-state index < -0.39 is 0 Å². The molecule has 0 aromatic carbocycles. The average molecular weight is 159 g/mol. The Morgan fingerprint density at radius 3 is 2.91 bits per heavy atom. The third-order valence-corrected chi connectivity index (χ3v) is 2.17. The normalized spacial score (nSPS) is 34.1. The predicted molar refractivity (Wildman–Crippen MR) is 43.4 cm³/mol. The fourth-order valence-electron chi connectivity index (χ4n) is 1.57. The van der Waals surface area contributed by atoms with Crippen LogP contribution < -0.4 is 5.73 Å². The van der Waals surface area contributed by atoms with E-state index in [9.17, 15) is 0 Å². The zero-order chi connectivity index (χ0) is 8.27. The van der Waals surface area contributed by atoms with E-state index in [4.69, 9.17) is 15.2 Å². The number of nitrogens with two attached hydrogens (primary N) is 1. The molecule has 3 heteroatoms. The molecule has 1 aliphatic rings. The van der Waals surface area contributed by atoms with E-state index in [-0.39, 0.29) is 12.1 Å². The molecule has 1 aliphatic heterocycles. The Bertz CT molecular complexity index is 119. The quantitative estimate of drug-likeness (QED) is 0.647. The van der Waals surface area contributed by atoms with Crippen molar-refractivity contribution in [1.29, 1.82) is 0 Å². The molecule has 0 aliphatic carbocycles. The van der Waals surface area contributed by atoms with Crippen molar-refractivity contribution in [2.24, 2.45) is 11.7 Å². The standard InChI is InChI=1S/C8H17NO2/c1-6(5-10-2)8-7(9)3-4-11-8/h6-8H,3-5,9H2,1-2H3. The Kier molecular flexibility index (Phi) is 3.30. The maximum absolute atomic E-state index is 5.83. The third kappa shape index (κ3) is 2.15. The molecular weight excluding hydrogens is 142 g/mol. The summed E-state index contributed by atoms with van der Waals surface area (Å²) in [5.41, 5.74) is 5.83. The van der Waals surface area contributed by atoms with Gasteiger partial charge in [0.1, 0.15) is 0 Å². The lowest BCUT2D eigenvalue weighted by Crippen LogP contribution is -2.36. The van der Waals surface area contributed by atoms with Crippen LogP contribution in [0, 0.1) is 5.92 Å². The summed E-state index contributed by atoms with van der Waals surface area (Å²) in [6.45, 7) is 3.65. The lowest BCUT2D eigenvalue weighted by Gasteiger charge is -2.21. The summed E-state index contributed by atoms with van der Waals surface area (Å²) in [6.07, 6.45) is 1.19.